The Labute approximate surface area is 114 Å². The standard InChI is InChI=1S/C15H31NS/c1-7-16-11-14(4,5)10-13(2,3)8-9-15(6,17)12-16/h17H,7-12H2,1-6H3. The van der Waals surface area contributed by atoms with Gasteiger partial charge in [0.2, 0.25) is 0 Å². The van der Waals surface area contributed by atoms with Crippen LogP contribution in [0.1, 0.15) is 60.8 Å². The summed E-state index contributed by atoms with van der Waals surface area (Å²) in [5, 5.41) is 0. The summed E-state index contributed by atoms with van der Waals surface area (Å²) in [7, 11) is 0. The van der Waals surface area contributed by atoms with Gasteiger partial charge in [0.15, 0.2) is 0 Å². The van der Waals surface area contributed by atoms with Crippen LogP contribution >= 0.6 is 12.6 Å². The summed E-state index contributed by atoms with van der Waals surface area (Å²) in [6, 6.07) is 0. The van der Waals surface area contributed by atoms with Gasteiger partial charge in [0.25, 0.3) is 0 Å². The molecule has 2 heteroatoms. The number of thiol groups is 1. The van der Waals surface area contributed by atoms with Crippen LogP contribution in [-0.4, -0.2) is 29.3 Å². The zero-order chi connectivity index (χ0) is 13.3. The minimum atomic E-state index is 0.160. The van der Waals surface area contributed by atoms with Gasteiger partial charge in [0, 0.05) is 17.8 Å². The summed E-state index contributed by atoms with van der Waals surface area (Å²) < 4.78 is 0.160. The number of rotatable bonds is 1. The molecule has 1 rings (SSSR count). The van der Waals surface area contributed by atoms with E-state index in [0.29, 0.717) is 10.8 Å². The van der Waals surface area contributed by atoms with Gasteiger partial charge >= 0.3 is 0 Å². The second kappa shape index (κ2) is 5.13. The average molecular weight is 257 g/mol. The molecule has 1 atom stereocenters. The van der Waals surface area contributed by atoms with Crippen molar-refractivity contribution in [3.05, 3.63) is 0 Å². The lowest BCUT2D eigenvalue weighted by Crippen LogP contribution is -2.41. The van der Waals surface area contributed by atoms with E-state index in [1.165, 1.54) is 25.8 Å². The third-order valence-corrected chi connectivity index (χ3v) is 4.33. The number of nitrogens with zero attached hydrogens (tertiary/aromatic N) is 1. The van der Waals surface area contributed by atoms with Crippen LogP contribution < -0.4 is 0 Å². The molecule has 0 bridgehead atoms. The lowest BCUT2D eigenvalue weighted by molar-refractivity contribution is 0.133. The predicted octanol–water partition coefficient (Wildman–Crippen LogP) is 4.23. The molecule has 0 aromatic rings. The van der Waals surface area contributed by atoms with Crippen molar-refractivity contribution in [1.29, 1.82) is 0 Å². The fourth-order valence-corrected chi connectivity index (χ4v) is 3.80. The second-order valence-corrected chi connectivity index (χ2v) is 8.89. The molecular weight excluding hydrogens is 226 g/mol. The normalized spacial score (nSPS) is 34.8. The maximum absolute atomic E-state index is 4.89. The zero-order valence-corrected chi connectivity index (χ0v) is 13.5. The third-order valence-electron chi connectivity index (χ3n) is 3.96. The lowest BCUT2D eigenvalue weighted by Gasteiger charge is -2.37. The Morgan fingerprint density at radius 2 is 1.53 bits per heavy atom. The molecule has 0 spiro atoms. The fraction of sp³-hybridized carbons (Fsp3) is 1.00. The molecule has 0 aromatic heterocycles. The maximum atomic E-state index is 4.89. The molecule has 1 aliphatic heterocycles. The summed E-state index contributed by atoms with van der Waals surface area (Å²) in [6.07, 6.45) is 3.81. The van der Waals surface area contributed by atoms with E-state index < -0.39 is 0 Å². The Bertz CT molecular complexity index is 256. The lowest BCUT2D eigenvalue weighted by atomic mass is 9.72. The van der Waals surface area contributed by atoms with Crippen molar-refractivity contribution >= 4 is 12.6 Å². The Morgan fingerprint density at radius 1 is 0.941 bits per heavy atom. The molecular formula is C15H31NS. The Balaban J connectivity index is 2.89. The van der Waals surface area contributed by atoms with E-state index in [9.17, 15) is 0 Å². The van der Waals surface area contributed by atoms with Crippen LogP contribution in [0.25, 0.3) is 0 Å². The average Bonchev–Trinajstić information content (AvgIpc) is 2.13. The molecule has 0 aliphatic carbocycles. The van der Waals surface area contributed by atoms with Crippen molar-refractivity contribution in [2.75, 3.05) is 19.6 Å². The highest BCUT2D eigenvalue weighted by atomic mass is 32.1. The van der Waals surface area contributed by atoms with E-state index >= 15 is 0 Å². The van der Waals surface area contributed by atoms with E-state index in [4.69, 9.17) is 12.6 Å². The van der Waals surface area contributed by atoms with Crippen LogP contribution in [0.4, 0.5) is 0 Å². The smallest absolute Gasteiger partial charge is 0.0229 e. The summed E-state index contributed by atoms with van der Waals surface area (Å²) in [5.41, 5.74) is 0.852. The molecule has 0 N–H and O–H groups in total. The summed E-state index contributed by atoms with van der Waals surface area (Å²) in [6.45, 7) is 17.7. The van der Waals surface area contributed by atoms with Gasteiger partial charge in [-0.05, 0) is 43.6 Å². The largest absolute Gasteiger partial charge is 0.302 e. The topological polar surface area (TPSA) is 3.24 Å². The predicted molar refractivity (Wildman–Crippen MR) is 80.9 cm³/mol. The number of hydrogen-bond acceptors (Lipinski definition) is 2. The Hall–Kier alpha value is 0.310. The van der Waals surface area contributed by atoms with E-state index in [1.54, 1.807) is 0 Å². The van der Waals surface area contributed by atoms with Gasteiger partial charge in [-0.15, -0.1) is 0 Å². The second-order valence-electron chi connectivity index (χ2n) is 7.81. The van der Waals surface area contributed by atoms with Crippen LogP contribution in [0.5, 0.6) is 0 Å². The monoisotopic (exact) mass is 257 g/mol. The van der Waals surface area contributed by atoms with Crippen molar-refractivity contribution in [2.24, 2.45) is 10.8 Å². The molecule has 102 valence electrons. The van der Waals surface area contributed by atoms with E-state index in [-0.39, 0.29) is 4.75 Å². The molecule has 1 nitrogen and oxygen atoms in total. The highest BCUT2D eigenvalue weighted by Crippen LogP contribution is 2.41. The highest BCUT2D eigenvalue weighted by Gasteiger charge is 2.35. The van der Waals surface area contributed by atoms with Gasteiger partial charge in [-0.25, -0.2) is 0 Å². The molecule has 1 unspecified atom stereocenters. The van der Waals surface area contributed by atoms with Crippen molar-refractivity contribution in [3.8, 4) is 0 Å². The van der Waals surface area contributed by atoms with Crippen LogP contribution in [-0.2, 0) is 0 Å². The van der Waals surface area contributed by atoms with Gasteiger partial charge in [0.1, 0.15) is 0 Å². The first-order valence-corrected chi connectivity index (χ1v) is 7.45. The number of hydrogen-bond donors (Lipinski definition) is 1. The molecule has 1 fully saturated rings. The van der Waals surface area contributed by atoms with Gasteiger partial charge in [-0.1, -0.05) is 34.6 Å². The SMILES string of the molecule is CCN1CC(C)(C)CC(C)(C)CCC(C)(S)C1. The summed E-state index contributed by atoms with van der Waals surface area (Å²) >= 11 is 4.89. The molecule has 1 heterocycles. The first-order valence-electron chi connectivity index (χ1n) is 7.00. The van der Waals surface area contributed by atoms with Crippen LogP contribution in [0.3, 0.4) is 0 Å². The first kappa shape index (κ1) is 15.4. The van der Waals surface area contributed by atoms with E-state index in [2.05, 4.69) is 46.4 Å². The Kier molecular flexibility index (Phi) is 4.63. The Morgan fingerprint density at radius 3 is 2.06 bits per heavy atom. The molecule has 0 saturated carbocycles. The van der Waals surface area contributed by atoms with E-state index in [1.807, 2.05) is 0 Å². The zero-order valence-electron chi connectivity index (χ0n) is 12.6. The van der Waals surface area contributed by atoms with E-state index in [0.717, 1.165) is 13.1 Å². The summed E-state index contributed by atoms with van der Waals surface area (Å²) in [5.74, 6) is 0. The minimum absolute atomic E-state index is 0.160. The fourth-order valence-electron chi connectivity index (χ4n) is 3.49. The molecule has 0 amide bonds. The van der Waals surface area contributed by atoms with Crippen LogP contribution in [0.15, 0.2) is 0 Å². The minimum Gasteiger partial charge on any atom is -0.302 e. The molecule has 1 aliphatic rings. The molecule has 1 saturated heterocycles. The van der Waals surface area contributed by atoms with Crippen LogP contribution in [0.2, 0.25) is 0 Å². The maximum Gasteiger partial charge on any atom is 0.0229 e. The van der Waals surface area contributed by atoms with Crippen LogP contribution in [0, 0.1) is 10.8 Å². The van der Waals surface area contributed by atoms with Crippen molar-refractivity contribution in [3.63, 3.8) is 0 Å². The highest BCUT2D eigenvalue weighted by molar-refractivity contribution is 7.81. The van der Waals surface area contributed by atoms with Gasteiger partial charge in [-0.2, -0.15) is 12.6 Å². The molecule has 17 heavy (non-hydrogen) atoms. The third kappa shape index (κ3) is 5.21. The summed E-state index contributed by atoms with van der Waals surface area (Å²) in [4.78, 5) is 2.58. The quantitative estimate of drug-likeness (QED) is 0.688. The van der Waals surface area contributed by atoms with Crippen molar-refractivity contribution < 1.29 is 0 Å². The van der Waals surface area contributed by atoms with Crippen molar-refractivity contribution in [2.45, 2.75) is 65.6 Å². The van der Waals surface area contributed by atoms with Gasteiger partial charge < -0.3 is 4.90 Å². The van der Waals surface area contributed by atoms with Gasteiger partial charge in [0.05, 0.1) is 0 Å². The first-order chi connectivity index (χ1) is 7.55. The molecule has 0 aromatic carbocycles. The molecule has 0 radical (unpaired) electrons. The van der Waals surface area contributed by atoms with Crippen molar-refractivity contribution in [1.82, 2.24) is 4.90 Å². The van der Waals surface area contributed by atoms with Gasteiger partial charge in [-0.3, -0.25) is 0 Å².